The van der Waals surface area contributed by atoms with Crippen molar-refractivity contribution in [2.75, 3.05) is 16.8 Å². The van der Waals surface area contributed by atoms with Gasteiger partial charge in [0.1, 0.15) is 6.07 Å². The van der Waals surface area contributed by atoms with E-state index in [0.29, 0.717) is 28.9 Å². The third kappa shape index (κ3) is 3.24. The Balaban J connectivity index is 1.57. The van der Waals surface area contributed by atoms with E-state index in [0.717, 1.165) is 17.7 Å². The highest BCUT2D eigenvalue weighted by atomic mass is 16.2. The number of hydrogen-bond acceptors (Lipinski definition) is 3. The van der Waals surface area contributed by atoms with E-state index in [1.165, 1.54) is 0 Å². The molecule has 2 amide bonds. The summed E-state index contributed by atoms with van der Waals surface area (Å²) in [5.41, 5.74) is 3.73. The molecule has 1 heterocycles. The van der Waals surface area contributed by atoms with Crippen molar-refractivity contribution in [2.45, 2.75) is 6.42 Å². The third-order valence-electron chi connectivity index (χ3n) is 4.80. The summed E-state index contributed by atoms with van der Waals surface area (Å²) in [6.07, 6.45) is 0.826. The van der Waals surface area contributed by atoms with E-state index in [-0.39, 0.29) is 11.8 Å². The van der Waals surface area contributed by atoms with E-state index >= 15 is 0 Å². The zero-order chi connectivity index (χ0) is 19.5. The van der Waals surface area contributed by atoms with Crippen molar-refractivity contribution in [3.63, 3.8) is 0 Å². The first-order valence-electron chi connectivity index (χ1n) is 8.97. The summed E-state index contributed by atoms with van der Waals surface area (Å²) in [7, 11) is 0. The predicted molar refractivity (Wildman–Crippen MR) is 107 cm³/mol. The van der Waals surface area contributed by atoms with E-state index < -0.39 is 0 Å². The molecule has 0 aliphatic carbocycles. The van der Waals surface area contributed by atoms with Crippen LogP contribution < -0.4 is 10.2 Å². The maximum Gasteiger partial charge on any atom is 0.258 e. The Hall–Kier alpha value is -3.91. The van der Waals surface area contributed by atoms with Gasteiger partial charge in [0.25, 0.3) is 11.8 Å². The molecule has 28 heavy (non-hydrogen) atoms. The van der Waals surface area contributed by atoms with Crippen molar-refractivity contribution in [3.8, 4) is 6.07 Å². The van der Waals surface area contributed by atoms with Crippen molar-refractivity contribution in [2.24, 2.45) is 0 Å². The van der Waals surface area contributed by atoms with Crippen LogP contribution in [0.5, 0.6) is 0 Å². The first kappa shape index (κ1) is 17.5. The fourth-order valence-corrected chi connectivity index (χ4v) is 3.38. The van der Waals surface area contributed by atoms with Crippen LogP contribution in [0.4, 0.5) is 11.4 Å². The summed E-state index contributed by atoms with van der Waals surface area (Å²) >= 11 is 0. The molecule has 0 radical (unpaired) electrons. The number of carbonyl (C=O) groups excluding carboxylic acids is 2. The van der Waals surface area contributed by atoms with Gasteiger partial charge in [-0.15, -0.1) is 0 Å². The van der Waals surface area contributed by atoms with E-state index in [4.69, 9.17) is 5.26 Å². The Morgan fingerprint density at radius 2 is 1.68 bits per heavy atom. The van der Waals surface area contributed by atoms with Crippen molar-refractivity contribution in [3.05, 3.63) is 95.1 Å². The second-order valence-electron chi connectivity index (χ2n) is 6.53. The minimum absolute atomic E-state index is 0.128. The molecule has 5 nitrogen and oxygen atoms in total. The minimum atomic E-state index is -0.362. The Bertz CT molecular complexity index is 1110. The van der Waals surface area contributed by atoms with Gasteiger partial charge in [0.05, 0.1) is 11.3 Å². The van der Waals surface area contributed by atoms with Gasteiger partial charge in [-0.2, -0.15) is 5.26 Å². The molecule has 0 atom stereocenters. The molecule has 0 aromatic heterocycles. The number of amides is 2. The molecular formula is C23H17N3O2. The van der Waals surface area contributed by atoms with Gasteiger partial charge in [-0.1, -0.05) is 36.4 Å². The smallest absolute Gasteiger partial charge is 0.258 e. The van der Waals surface area contributed by atoms with Crippen LogP contribution in [0.3, 0.4) is 0 Å². The van der Waals surface area contributed by atoms with Crippen molar-refractivity contribution >= 4 is 23.2 Å². The molecule has 1 aliphatic rings. The normalized spacial score (nSPS) is 12.2. The van der Waals surface area contributed by atoms with Gasteiger partial charge >= 0.3 is 0 Å². The number of benzene rings is 3. The topological polar surface area (TPSA) is 73.2 Å². The average molecular weight is 367 g/mol. The van der Waals surface area contributed by atoms with Crippen LogP contribution in [0.1, 0.15) is 31.8 Å². The first-order valence-corrected chi connectivity index (χ1v) is 8.97. The van der Waals surface area contributed by atoms with Gasteiger partial charge in [-0.05, 0) is 48.4 Å². The highest BCUT2D eigenvalue weighted by Crippen LogP contribution is 2.29. The molecule has 0 spiro atoms. The quantitative estimate of drug-likeness (QED) is 0.760. The van der Waals surface area contributed by atoms with Crippen LogP contribution in [0, 0.1) is 11.3 Å². The van der Waals surface area contributed by atoms with Gasteiger partial charge in [0, 0.05) is 23.4 Å². The number of nitrogens with one attached hydrogen (secondary N) is 1. The van der Waals surface area contributed by atoms with Crippen LogP contribution in [0.15, 0.2) is 72.8 Å². The molecule has 0 unspecified atom stereocenters. The minimum Gasteiger partial charge on any atom is -0.321 e. The number of fused-ring (bicyclic) bond motifs is 1. The molecule has 136 valence electrons. The molecule has 4 rings (SSSR count). The molecule has 1 N–H and O–H groups in total. The zero-order valence-electron chi connectivity index (χ0n) is 15.1. The largest absolute Gasteiger partial charge is 0.321 e. The first-order chi connectivity index (χ1) is 13.7. The van der Waals surface area contributed by atoms with Crippen LogP contribution in [0.25, 0.3) is 0 Å². The molecule has 0 bridgehead atoms. The SMILES string of the molecule is N#Cc1ccccc1NC(=O)c1cccc(C(=O)N2CCc3ccccc32)c1. The summed E-state index contributed by atoms with van der Waals surface area (Å²) in [4.78, 5) is 27.4. The highest BCUT2D eigenvalue weighted by Gasteiger charge is 2.25. The number of anilines is 2. The summed E-state index contributed by atoms with van der Waals surface area (Å²) in [5, 5.41) is 11.9. The number of hydrogen-bond donors (Lipinski definition) is 1. The third-order valence-corrected chi connectivity index (χ3v) is 4.80. The van der Waals surface area contributed by atoms with Gasteiger partial charge in [0.2, 0.25) is 0 Å². The van der Waals surface area contributed by atoms with Crippen molar-refractivity contribution < 1.29 is 9.59 Å². The van der Waals surface area contributed by atoms with E-state index in [2.05, 4.69) is 11.4 Å². The van der Waals surface area contributed by atoms with Crippen LogP contribution >= 0.6 is 0 Å². The zero-order valence-corrected chi connectivity index (χ0v) is 15.1. The molecular weight excluding hydrogens is 350 g/mol. The second kappa shape index (κ2) is 7.37. The van der Waals surface area contributed by atoms with Gasteiger partial charge in [-0.25, -0.2) is 0 Å². The van der Waals surface area contributed by atoms with Crippen molar-refractivity contribution in [1.82, 2.24) is 0 Å². The number of nitrogens with zero attached hydrogens (tertiary/aromatic N) is 2. The Morgan fingerprint density at radius 3 is 2.54 bits per heavy atom. The lowest BCUT2D eigenvalue weighted by Gasteiger charge is -2.17. The van der Waals surface area contributed by atoms with Crippen LogP contribution in [0.2, 0.25) is 0 Å². The maximum absolute atomic E-state index is 13.0. The van der Waals surface area contributed by atoms with Crippen LogP contribution in [-0.4, -0.2) is 18.4 Å². The molecule has 1 aliphatic heterocycles. The van der Waals surface area contributed by atoms with Gasteiger partial charge in [0.15, 0.2) is 0 Å². The lowest BCUT2D eigenvalue weighted by molar-refractivity contribution is 0.0989. The summed E-state index contributed by atoms with van der Waals surface area (Å²) in [6.45, 7) is 0.629. The number of para-hydroxylation sites is 2. The Morgan fingerprint density at radius 1 is 0.929 bits per heavy atom. The molecule has 3 aromatic carbocycles. The lowest BCUT2D eigenvalue weighted by atomic mass is 10.1. The average Bonchev–Trinajstić information content (AvgIpc) is 3.18. The monoisotopic (exact) mass is 367 g/mol. The van der Waals surface area contributed by atoms with E-state index in [1.807, 2.05) is 24.3 Å². The fraction of sp³-hybridized carbons (Fsp3) is 0.0870. The van der Waals surface area contributed by atoms with Crippen LogP contribution in [-0.2, 0) is 6.42 Å². The van der Waals surface area contributed by atoms with Crippen molar-refractivity contribution in [1.29, 1.82) is 5.26 Å². The number of nitriles is 1. The molecule has 0 saturated heterocycles. The highest BCUT2D eigenvalue weighted by molar-refractivity contribution is 6.10. The number of rotatable bonds is 3. The van der Waals surface area contributed by atoms with Gasteiger partial charge in [-0.3, -0.25) is 9.59 Å². The Labute approximate surface area is 162 Å². The standard InChI is InChI=1S/C23H17N3O2/c24-15-19-7-1-3-10-20(19)25-22(27)17-8-5-9-18(14-17)23(28)26-13-12-16-6-2-4-11-21(16)26/h1-11,14H,12-13H2,(H,25,27). The van der Waals surface area contributed by atoms with E-state index in [9.17, 15) is 9.59 Å². The summed E-state index contributed by atoms with van der Waals surface area (Å²) in [6, 6.07) is 23.4. The lowest BCUT2D eigenvalue weighted by Crippen LogP contribution is -2.29. The second-order valence-corrected chi connectivity index (χ2v) is 6.53. The molecule has 5 heteroatoms. The van der Waals surface area contributed by atoms with Gasteiger partial charge < -0.3 is 10.2 Å². The Kier molecular flexibility index (Phi) is 4.61. The molecule has 3 aromatic rings. The summed E-state index contributed by atoms with van der Waals surface area (Å²) in [5.74, 6) is -0.490. The predicted octanol–water partition coefficient (Wildman–Crippen LogP) is 4.01. The van der Waals surface area contributed by atoms with E-state index in [1.54, 1.807) is 53.4 Å². The molecule has 0 saturated carbocycles. The summed E-state index contributed by atoms with van der Waals surface area (Å²) < 4.78 is 0. The molecule has 0 fully saturated rings. The number of carbonyl (C=O) groups is 2. The maximum atomic E-state index is 13.0. The fourth-order valence-electron chi connectivity index (χ4n) is 3.38.